The highest BCUT2D eigenvalue weighted by molar-refractivity contribution is 5.73. The monoisotopic (exact) mass is 305 g/mol. The molecule has 1 aromatic rings. The predicted molar refractivity (Wildman–Crippen MR) is 77.2 cm³/mol. The topological polar surface area (TPSA) is 76.1 Å². The molecular weight excluding hydrogens is 286 g/mol. The Bertz CT molecular complexity index is 547. The highest BCUT2D eigenvalue weighted by Gasteiger charge is 2.46. The van der Waals surface area contributed by atoms with Crippen LogP contribution in [0.3, 0.4) is 0 Å². The Morgan fingerprint density at radius 3 is 2.77 bits per heavy atom. The van der Waals surface area contributed by atoms with Crippen molar-refractivity contribution in [3.05, 3.63) is 35.9 Å². The maximum Gasteiger partial charge on any atom is 0.410 e. The molecule has 3 rings (SSSR count). The van der Waals surface area contributed by atoms with Gasteiger partial charge in [0.2, 0.25) is 0 Å². The second-order valence-electron chi connectivity index (χ2n) is 5.74. The molecule has 6 nitrogen and oxygen atoms in total. The van der Waals surface area contributed by atoms with Crippen molar-refractivity contribution in [1.29, 1.82) is 0 Å². The summed E-state index contributed by atoms with van der Waals surface area (Å²) in [6, 6.07) is 9.28. The second-order valence-corrected chi connectivity index (χ2v) is 5.74. The van der Waals surface area contributed by atoms with Gasteiger partial charge in [-0.05, 0) is 12.0 Å². The number of likely N-dealkylation sites (tertiary alicyclic amines) is 1. The van der Waals surface area contributed by atoms with Crippen LogP contribution >= 0.6 is 0 Å². The number of aliphatic carboxylic acids is 1. The van der Waals surface area contributed by atoms with Crippen LogP contribution in [-0.2, 0) is 20.9 Å². The number of hydrogen-bond acceptors (Lipinski definition) is 4. The van der Waals surface area contributed by atoms with E-state index in [-0.39, 0.29) is 18.6 Å². The summed E-state index contributed by atoms with van der Waals surface area (Å²) >= 11 is 0. The molecule has 2 aliphatic rings. The van der Waals surface area contributed by atoms with Gasteiger partial charge in [0.1, 0.15) is 6.61 Å². The molecule has 0 bridgehead atoms. The molecule has 0 saturated carbocycles. The summed E-state index contributed by atoms with van der Waals surface area (Å²) in [6.07, 6.45) is 0.0495. The highest BCUT2D eigenvalue weighted by Crippen LogP contribution is 2.34. The van der Waals surface area contributed by atoms with E-state index in [0.29, 0.717) is 26.2 Å². The fourth-order valence-corrected chi connectivity index (χ4v) is 3.26. The van der Waals surface area contributed by atoms with Gasteiger partial charge in [-0.2, -0.15) is 0 Å². The van der Waals surface area contributed by atoms with Gasteiger partial charge in [0.15, 0.2) is 0 Å². The van der Waals surface area contributed by atoms with Gasteiger partial charge in [0.25, 0.3) is 0 Å². The lowest BCUT2D eigenvalue weighted by Gasteiger charge is -2.38. The maximum absolute atomic E-state index is 12.3. The minimum absolute atomic E-state index is 0.143. The lowest BCUT2D eigenvalue weighted by Crippen LogP contribution is -2.52. The van der Waals surface area contributed by atoms with Gasteiger partial charge in [-0.3, -0.25) is 4.79 Å². The third-order valence-corrected chi connectivity index (χ3v) is 4.45. The van der Waals surface area contributed by atoms with Crippen molar-refractivity contribution in [1.82, 2.24) is 4.90 Å². The molecule has 0 spiro atoms. The van der Waals surface area contributed by atoms with Gasteiger partial charge in [-0.1, -0.05) is 30.3 Å². The molecule has 0 aromatic heterocycles. The van der Waals surface area contributed by atoms with Crippen LogP contribution < -0.4 is 0 Å². The number of fused-ring (bicyclic) bond motifs is 1. The largest absolute Gasteiger partial charge is 0.481 e. The van der Waals surface area contributed by atoms with Gasteiger partial charge < -0.3 is 19.5 Å². The standard InChI is InChI=1S/C16H19NO5/c18-15(19)12-6-7-17(14-10-21-9-13(12)14)16(20)22-8-11-4-2-1-3-5-11/h1-5,12-14H,6-10H2,(H,18,19)/t12?,13-,14+/m1/s1. The van der Waals surface area contributed by atoms with E-state index < -0.39 is 18.0 Å². The van der Waals surface area contributed by atoms with E-state index in [1.807, 2.05) is 30.3 Å². The minimum Gasteiger partial charge on any atom is -0.481 e. The first-order chi connectivity index (χ1) is 10.7. The lowest BCUT2D eigenvalue weighted by atomic mass is 9.82. The molecule has 22 heavy (non-hydrogen) atoms. The Morgan fingerprint density at radius 2 is 2.05 bits per heavy atom. The van der Waals surface area contributed by atoms with Crippen LogP contribution in [0, 0.1) is 11.8 Å². The zero-order valence-corrected chi connectivity index (χ0v) is 12.2. The Hall–Kier alpha value is -2.08. The first-order valence-electron chi connectivity index (χ1n) is 7.44. The maximum atomic E-state index is 12.3. The van der Waals surface area contributed by atoms with Gasteiger partial charge in [0, 0.05) is 12.5 Å². The van der Waals surface area contributed by atoms with Crippen molar-refractivity contribution in [3.8, 4) is 0 Å². The van der Waals surface area contributed by atoms with Crippen LogP contribution in [0.25, 0.3) is 0 Å². The van der Waals surface area contributed by atoms with E-state index in [4.69, 9.17) is 9.47 Å². The number of carbonyl (C=O) groups excluding carboxylic acids is 1. The molecular formula is C16H19NO5. The average molecular weight is 305 g/mol. The molecule has 1 unspecified atom stereocenters. The van der Waals surface area contributed by atoms with Crippen molar-refractivity contribution in [2.45, 2.75) is 19.1 Å². The molecule has 3 atom stereocenters. The first-order valence-corrected chi connectivity index (χ1v) is 7.44. The number of hydrogen-bond donors (Lipinski definition) is 1. The summed E-state index contributed by atoms with van der Waals surface area (Å²) in [6.45, 7) is 1.39. The molecule has 0 radical (unpaired) electrons. The SMILES string of the molecule is O=C(O)C1CCN(C(=O)OCc2ccccc2)[C@H]2COC[C@H]12. The fourth-order valence-electron chi connectivity index (χ4n) is 3.26. The quantitative estimate of drug-likeness (QED) is 0.920. The lowest BCUT2D eigenvalue weighted by molar-refractivity contribution is -0.146. The summed E-state index contributed by atoms with van der Waals surface area (Å²) in [4.78, 5) is 25.2. The minimum atomic E-state index is -0.808. The number of amides is 1. The zero-order chi connectivity index (χ0) is 15.5. The Labute approximate surface area is 128 Å². The number of nitrogens with zero attached hydrogens (tertiary/aromatic N) is 1. The summed E-state index contributed by atoms with van der Waals surface area (Å²) in [5, 5.41) is 9.27. The van der Waals surface area contributed by atoms with E-state index in [1.165, 1.54) is 0 Å². The number of carbonyl (C=O) groups is 2. The van der Waals surface area contributed by atoms with Gasteiger partial charge in [-0.15, -0.1) is 0 Å². The Morgan fingerprint density at radius 1 is 1.27 bits per heavy atom. The average Bonchev–Trinajstić information content (AvgIpc) is 3.02. The van der Waals surface area contributed by atoms with Gasteiger partial charge in [-0.25, -0.2) is 4.79 Å². The third kappa shape index (κ3) is 2.92. The molecule has 0 aliphatic carbocycles. The van der Waals surface area contributed by atoms with Crippen molar-refractivity contribution >= 4 is 12.1 Å². The molecule has 2 heterocycles. The number of rotatable bonds is 3. The number of carboxylic acids is 1. The summed E-state index contributed by atoms with van der Waals surface area (Å²) in [5.74, 6) is -1.39. The van der Waals surface area contributed by atoms with Crippen LogP contribution in [-0.4, -0.2) is 47.9 Å². The summed E-state index contributed by atoms with van der Waals surface area (Å²) in [5.41, 5.74) is 0.926. The summed E-state index contributed by atoms with van der Waals surface area (Å²) in [7, 11) is 0. The summed E-state index contributed by atoms with van der Waals surface area (Å²) < 4.78 is 10.8. The van der Waals surface area contributed by atoms with Crippen molar-refractivity contribution in [2.75, 3.05) is 19.8 Å². The van der Waals surface area contributed by atoms with Crippen molar-refractivity contribution in [3.63, 3.8) is 0 Å². The van der Waals surface area contributed by atoms with Crippen LogP contribution in [0.15, 0.2) is 30.3 Å². The number of ether oxygens (including phenoxy) is 2. The van der Waals surface area contributed by atoms with Crippen LogP contribution in [0.1, 0.15) is 12.0 Å². The van der Waals surface area contributed by atoms with Crippen LogP contribution in [0.5, 0.6) is 0 Å². The predicted octanol–water partition coefficient (Wildman–Crippen LogP) is 1.74. The molecule has 2 saturated heterocycles. The zero-order valence-electron chi connectivity index (χ0n) is 12.2. The number of benzene rings is 1. The third-order valence-electron chi connectivity index (χ3n) is 4.45. The molecule has 2 aliphatic heterocycles. The number of piperidine rings is 1. The Balaban J connectivity index is 1.62. The van der Waals surface area contributed by atoms with E-state index >= 15 is 0 Å². The van der Waals surface area contributed by atoms with Crippen LogP contribution in [0.2, 0.25) is 0 Å². The van der Waals surface area contributed by atoms with E-state index in [9.17, 15) is 14.7 Å². The van der Waals surface area contributed by atoms with E-state index in [0.717, 1.165) is 5.56 Å². The molecule has 1 amide bonds. The second kappa shape index (κ2) is 6.36. The van der Waals surface area contributed by atoms with Crippen molar-refractivity contribution in [2.24, 2.45) is 11.8 Å². The number of carboxylic acid groups (broad SMARTS) is 1. The van der Waals surface area contributed by atoms with Gasteiger partial charge >= 0.3 is 12.1 Å². The molecule has 1 aromatic carbocycles. The van der Waals surface area contributed by atoms with Crippen LogP contribution in [0.4, 0.5) is 4.79 Å². The van der Waals surface area contributed by atoms with E-state index in [1.54, 1.807) is 4.90 Å². The molecule has 1 N–H and O–H groups in total. The van der Waals surface area contributed by atoms with Crippen molar-refractivity contribution < 1.29 is 24.2 Å². The van der Waals surface area contributed by atoms with Gasteiger partial charge in [0.05, 0.1) is 25.2 Å². The Kier molecular flexibility index (Phi) is 4.29. The first kappa shape index (κ1) is 14.8. The molecule has 2 fully saturated rings. The smallest absolute Gasteiger partial charge is 0.410 e. The fraction of sp³-hybridized carbons (Fsp3) is 0.500. The molecule has 6 heteroatoms. The highest BCUT2D eigenvalue weighted by atomic mass is 16.6. The normalized spacial score (nSPS) is 27.3. The molecule has 118 valence electrons. The van der Waals surface area contributed by atoms with E-state index in [2.05, 4.69) is 0 Å².